The molecule has 2 rings (SSSR count). The zero-order valence-corrected chi connectivity index (χ0v) is 12.5. The SMILES string of the molecule is Cc1n(CC(=O)N[C@H](CO)Cc2ccccc2)cc[n+]1C. The van der Waals surface area contributed by atoms with E-state index in [2.05, 4.69) is 5.32 Å². The van der Waals surface area contributed by atoms with Crippen molar-refractivity contribution in [1.29, 1.82) is 0 Å². The van der Waals surface area contributed by atoms with Crippen LogP contribution in [0.5, 0.6) is 0 Å². The number of nitrogens with one attached hydrogen (secondary N) is 1. The maximum Gasteiger partial charge on any atom is 0.262 e. The van der Waals surface area contributed by atoms with Crippen molar-refractivity contribution in [3.63, 3.8) is 0 Å². The van der Waals surface area contributed by atoms with Crippen molar-refractivity contribution in [2.45, 2.75) is 25.9 Å². The summed E-state index contributed by atoms with van der Waals surface area (Å²) < 4.78 is 3.84. The molecule has 0 saturated carbocycles. The first-order valence-electron chi connectivity index (χ1n) is 7.05. The van der Waals surface area contributed by atoms with E-state index in [1.54, 1.807) is 0 Å². The van der Waals surface area contributed by atoms with Gasteiger partial charge in [0, 0.05) is 6.92 Å². The third-order valence-corrected chi connectivity index (χ3v) is 3.62. The van der Waals surface area contributed by atoms with Gasteiger partial charge in [0.25, 0.3) is 11.7 Å². The molecule has 21 heavy (non-hydrogen) atoms. The van der Waals surface area contributed by atoms with Gasteiger partial charge in [0.05, 0.1) is 19.7 Å². The average Bonchev–Trinajstić information content (AvgIpc) is 2.79. The van der Waals surface area contributed by atoms with Gasteiger partial charge in [-0.3, -0.25) is 4.79 Å². The van der Waals surface area contributed by atoms with Crippen LogP contribution in [0.4, 0.5) is 0 Å². The summed E-state index contributed by atoms with van der Waals surface area (Å²) >= 11 is 0. The van der Waals surface area contributed by atoms with Crippen LogP contribution in [0.1, 0.15) is 11.4 Å². The summed E-state index contributed by atoms with van der Waals surface area (Å²) in [6.45, 7) is 2.15. The summed E-state index contributed by atoms with van der Waals surface area (Å²) in [5, 5.41) is 12.3. The lowest BCUT2D eigenvalue weighted by Crippen LogP contribution is -2.41. The maximum absolute atomic E-state index is 12.1. The minimum Gasteiger partial charge on any atom is -0.394 e. The van der Waals surface area contributed by atoms with Gasteiger partial charge >= 0.3 is 0 Å². The van der Waals surface area contributed by atoms with Gasteiger partial charge < -0.3 is 10.4 Å². The van der Waals surface area contributed by atoms with Gasteiger partial charge in [-0.25, -0.2) is 9.13 Å². The van der Waals surface area contributed by atoms with E-state index in [9.17, 15) is 9.90 Å². The molecule has 5 nitrogen and oxygen atoms in total. The van der Waals surface area contributed by atoms with Crippen molar-refractivity contribution >= 4 is 5.91 Å². The predicted molar refractivity (Wildman–Crippen MR) is 79.5 cm³/mol. The van der Waals surface area contributed by atoms with Gasteiger partial charge in [0.15, 0.2) is 6.54 Å². The first-order valence-corrected chi connectivity index (χ1v) is 7.05. The van der Waals surface area contributed by atoms with Crippen molar-refractivity contribution in [3.8, 4) is 0 Å². The number of aliphatic hydroxyl groups is 1. The third-order valence-electron chi connectivity index (χ3n) is 3.62. The summed E-state index contributed by atoms with van der Waals surface area (Å²) in [5.41, 5.74) is 1.10. The molecule has 0 saturated heterocycles. The Morgan fingerprint density at radius 1 is 1.38 bits per heavy atom. The van der Waals surface area contributed by atoms with Gasteiger partial charge in [-0.1, -0.05) is 30.3 Å². The lowest BCUT2D eigenvalue weighted by Gasteiger charge is -2.15. The summed E-state index contributed by atoms with van der Waals surface area (Å²) in [6.07, 6.45) is 4.41. The lowest BCUT2D eigenvalue weighted by molar-refractivity contribution is -0.677. The van der Waals surface area contributed by atoms with Crippen LogP contribution in [0.15, 0.2) is 42.7 Å². The number of hydrogen-bond donors (Lipinski definition) is 2. The van der Waals surface area contributed by atoms with Gasteiger partial charge in [-0.15, -0.1) is 0 Å². The average molecular weight is 288 g/mol. The van der Waals surface area contributed by atoms with Crippen molar-refractivity contribution in [2.24, 2.45) is 7.05 Å². The number of carbonyl (C=O) groups excluding carboxylic acids is 1. The molecule has 0 aliphatic carbocycles. The van der Waals surface area contributed by atoms with Crippen LogP contribution in [0.25, 0.3) is 0 Å². The molecule has 1 aromatic carbocycles. The van der Waals surface area contributed by atoms with Crippen LogP contribution in [0.2, 0.25) is 0 Å². The number of rotatable bonds is 6. The quantitative estimate of drug-likeness (QED) is 0.753. The number of amides is 1. The van der Waals surface area contributed by atoms with Crippen LogP contribution < -0.4 is 9.88 Å². The molecule has 5 heteroatoms. The second kappa shape index (κ2) is 7.04. The minimum atomic E-state index is -0.260. The van der Waals surface area contributed by atoms with E-state index in [1.807, 2.05) is 65.8 Å². The van der Waals surface area contributed by atoms with Crippen LogP contribution in [0.3, 0.4) is 0 Å². The Morgan fingerprint density at radius 2 is 2.10 bits per heavy atom. The molecule has 1 atom stereocenters. The first-order chi connectivity index (χ1) is 10.1. The fourth-order valence-electron chi connectivity index (χ4n) is 2.25. The van der Waals surface area contributed by atoms with Crippen LogP contribution in [-0.2, 0) is 24.8 Å². The van der Waals surface area contributed by atoms with E-state index in [-0.39, 0.29) is 25.1 Å². The Kier molecular flexibility index (Phi) is 5.11. The molecular formula is C16H22N3O2+. The topological polar surface area (TPSA) is 58.1 Å². The maximum atomic E-state index is 12.1. The molecule has 112 valence electrons. The number of aliphatic hydroxyl groups excluding tert-OH is 1. The number of benzene rings is 1. The Labute approximate surface area is 124 Å². The Bertz CT molecular complexity index is 593. The molecule has 0 bridgehead atoms. The van der Waals surface area contributed by atoms with Crippen molar-refractivity contribution < 1.29 is 14.5 Å². The molecule has 1 amide bonds. The zero-order chi connectivity index (χ0) is 15.2. The van der Waals surface area contributed by atoms with E-state index in [1.165, 1.54) is 0 Å². The van der Waals surface area contributed by atoms with Crippen molar-refractivity contribution in [3.05, 3.63) is 54.1 Å². The molecular weight excluding hydrogens is 266 g/mol. The smallest absolute Gasteiger partial charge is 0.262 e. The molecule has 2 aromatic rings. The molecule has 2 N–H and O–H groups in total. The first kappa shape index (κ1) is 15.3. The highest BCUT2D eigenvalue weighted by Gasteiger charge is 2.16. The van der Waals surface area contributed by atoms with Crippen LogP contribution in [0, 0.1) is 6.92 Å². The van der Waals surface area contributed by atoms with Gasteiger partial charge in [0.1, 0.15) is 12.4 Å². The van der Waals surface area contributed by atoms with E-state index in [4.69, 9.17) is 0 Å². The number of nitrogens with zero attached hydrogens (tertiary/aromatic N) is 2. The molecule has 0 aliphatic rings. The Balaban J connectivity index is 1.92. The summed E-state index contributed by atoms with van der Waals surface area (Å²) in [6, 6.07) is 9.58. The fraction of sp³-hybridized carbons (Fsp3) is 0.375. The molecule has 1 aromatic heterocycles. The molecule has 1 heterocycles. The van der Waals surface area contributed by atoms with Crippen LogP contribution in [-0.4, -0.2) is 28.2 Å². The van der Waals surface area contributed by atoms with E-state index in [0.717, 1.165) is 11.4 Å². The van der Waals surface area contributed by atoms with Gasteiger partial charge in [-0.2, -0.15) is 0 Å². The zero-order valence-electron chi connectivity index (χ0n) is 12.5. The summed E-state index contributed by atoms with van der Waals surface area (Å²) in [4.78, 5) is 12.1. The molecule has 0 aliphatic heterocycles. The normalized spacial score (nSPS) is 12.1. The highest BCUT2D eigenvalue weighted by molar-refractivity contribution is 5.76. The summed E-state index contributed by atoms with van der Waals surface area (Å²) in [7, 11) is 1.94. The fourth-order valence-corrected chi connectivity index (χ4v) is 2.25. The second-order valence-electron chi connectivity index (χ2n) is 5.22. The van der Waals surface area contributed by atoms with Gasteiger partial charge in [-0.05, 0) is 12.0 Å². The van der Waals surface area contributed by atoms with Crippen molar-refractivity contribution in [2.75, 3.05) is 6.61 Å². The third kappa shape index (κ3) is 4.16. The van der Waals surface area contributed by atoms with E-state index in [0.29, 0.717) is 6.42 Å². The molecule has 0 unspecified atom stereocenters. The number of aryl methyl sites for hydroxylation is 1. The van der Waals surface area contributed by atoms with Crippen molar-refractivity contribution in [1.82, 2.24) is 9.88 Å². The van der Waals surface area contributed by atoms with Gasteiger partial charge in [0.2, 0.25) is 0 Å². The standard InChI is InChI=1S/C16H21N3O2/c1-13-18(2)8-9-19(13)11-16(21)17-15(12-20)10-14-6-4-3-5-7-14/h3-9,15,20H,10-12H2,1-2H3/p+1/t15-/m0/s1. The second-order valence-corrected chi connectivity index (χ2v) is 5.22. The predicted octanol–water partition coefficient (Wildman–Crippen LogP) is 0.341. The molecule has 0 fully saturated rings. The van der Waals surface area contributed by atoms with E-state index < -0.39 is 0 Å². The Morgan fingerprint density at radius 3 is 2.67 bits per heavy atom. The molecule has 0 spiro atoms. The number of hydrogen-bond acceptors (Lipinski definition) is 2. The van der Waals surface area contributed by atoms with E-state index >= 15 is 0 Å². The number of aromatic nitrogens is 2. The highest BCUT2D eigenvalue weighted by atomic mass is 16.3. The Hall–Kier alpha value is -2.14. The minimum absolute atomic E-state index is 0.0704. The number of imidazole rings is 1. The molecule has 0 radical (unpaired) electrons. The number of carbonyl (C=O) groups is 1. The monoisotopic (exact) mass is 288 g/mol. The summed E-state index contributed by atoms with van der Waals surface area (Å²) in [5.74, 6) is 0.915. The highest BCUT2D eigenvalue weighted by Crippen LogP contribution is 2.03. The van der Waals surface area contributed by atoms with Crippen LogP contribution >= 0.6 is 0 Å². The lowest BCUT2D eigenvalue weighted by atomic mass is 10.1. The largest absolute Gasteiger partial charge is 0.394 e.